The summed E-state index contributed by atoms with van der Waals surface area (Å²) in [6.07, 6.45) is 0.373. The molecule has 1 aromatic rings. The van der Waals surface area contributed by atoms with Crippen molar-refractivity contribution in [2.45, 2.75) is 30.4 Å². The molecule has 1 aliphatic heterocycles. The molecule has 21 heavy (non-hydrogen) atoms. The number of nitrogen functional groups attached to an aromatic ring is 1. The van der Waals surface area contributed by atoms with Crippen molar-refractivity contribution < 1.29 is 22.7 Å². The zero-order valence-electron chi connectivity index (χ0n) is 11.8. The van der Waals surface area contributed by atoms with E-state index in [-0.39, 0.29) is 28.3 Å². The maximum Gasteiger partial charge on any atom is 0.339 e. The molecule has 0 aromatic heterocycles. The second-order valence-electron chi connectivity index (χ2n) is 4.84. The third kappa shape index (κ3) is 3.34. The van der Waals surface area contributed by atoms with Gasteiger partial charge >= 0.3 is 5.97 Å². The Balaban J connectivity index is 2.37. The molecule has 0 spiro atoms. The molecule has 0 bridgehead atoms. The summed E-state index contributed by atoms with van der Waals surface area (Å²) in [7, 11) is -2.68. The third-order valence-electron chi connectivity index (χ3n) is 3.38. The molecule has 1 aromatic carbocycles. The van der Waals surface area contributed by atoms with Crippen LogP contribution in [0.3, 0.4) is 0 Å². The topological polar surface area (TPSA) is 108 Å². The van der Waals surface area contributed by atoms with Gasteiger partial charge in [0.05, 0.1) is 29.7 Å². The Morgan fingerprint density at radius 2 is 2.19 bits per heavy atom. The van der Waals surface area contributed by atoms with E-state index in [1.54, 1.807) is 6.92 Å². The Kier molecular flexibility index (Phi) is 4.50. The third-order valence-corrected chi connectivity index (χ3v) is 4.93. The number of anilines is 1. The van der Waals surface area contributed by atoms with Crippen LogP contribution in [0.1, 0.15) is 23.7 Å². The van der Waals surface area contributed by atoms with Crippen molar-refractivity contribution in [3.8, 4) is 0 Å². The van der Waals surface area contributed by atoms with Crippen molar-refractivity contribution in [3.63, 3.8) is 0 Å². The van der Waals surface area contributed by atoms with Gasteiger partial charge in [0.2, 0.25) is 10.0 Å². The van der Waals surface area contributed by atoms with Crippen LogP contribution in [0.25, 0.3) is 0 Å². The van der Waals surface area contributed by atoms with E-state index >= 15 is 0 Å². The van der Waals surface area contributed by atoms with Crippen molar-refractivity contribution in [2.24, 2.45) is 0 Å². The van der Waals surface area contributed by atoms with E-state index in [0.29, 0.717) is 13.0 Å². The van der Waals surface area contributed by atoms with Gasteiger partial charge in [0, 0.05) is 12.3 Å². The molecule has 0 aliphatic carbocycles. The van der Waals surface area contributed by atoms with Crippen molar-refractivity contribution in [1.82, 2.24) is 4.72 Å². The van der Waals surface area contributed by atoms with Crippen molar-refractivity contribution >= 4 is 21.7 Å². The molecule has 0 radical (unpaired) electrons. The Morgan fingerprint density at radius 1 is 1.48 bits per heavy atom. The van der Waals surface area contributed by atoms with Crippen LogP contribution >= 0.6 is 0 Å². The zero-order valence-corrected chi connectivity index (χ0v) is 12.6. The predicted octanol–water partition coefficient (Wildman–Crippen LogP) is 0.511. The highest BCUT2D eigenvalue weighted by atomic mass is 32.2. The van der Waals surface area contributed by atoms with Crippen molar-refractivity contribution in [3.05, 3.63) is 23.8 Å². The fourth-order valence-corrected chi connectivity index (χ4v) is 3.71. The Morgan fingerprint density at radius 3 is 2.76 bits per heavy atom. The maximum atomic E-state index is 12.5. The number of esters is 1. The molecule has 0 amide bonds. The number of hydrogen-bond acceptors (Lipinski definition) is 6. The summed E-state index contributed by atoms with van der Waals surface area (Å²) in [6, 6.07) is 3.69. The Bertz CT molecular complexity index is 644. The van der Waals surface area contributed by atoms with E-state index < -0.39 is 16.0 Å². The van der Waals surface area contributed by atoms with E-state index in [1.807, 2.05) is 0 Å². The van der Waals surface area contributed by atoms with Crippen molar-refractivity contribution in [1.29, 1.82) is 0 Å². The van der Waals surface area contributed by atoms with Gasteiger partial charge in [0.1, 0.15) is 0 Å². The summed E-state index contributed by atoms with van der Waals surface area (Å²) < 4.78 is 37.4. The fraction of sp³-hybridized carbons (Fsp3) is 0.462. The SMILES string of the molecule is COC(=O)c1cc(N)ccc1S(=O)(=O)NC1CCOC1C. The molecule has 2 unspecified atom stereocenters. The van der Waals surface area contributed by atoms with Crippen LogP contribution in [0.2, 0.25) is 0 Å². The summed E-state index contributed by atoms with van der Waals surface area (Å²) >= 11 is 0. The first-order valence-corrected chi connectivity index (χ1v) is 7.95. The highest BCUT2D eigenvalue weighted by Gasteiger charge is 2.31. The number of ether oxygens (including phenoxy) is 2. The van der Waals surface area contributed by atoms with Crippen LogP contribution in [-0.4, -0.2) is 40.2 Å². The number of methoxy groups -OCH3 is 1. The fourth-order valence-electron chi connectivity index (χ4n) is 2.20. The van der Waals surface area contributed by atoms with Gasteiger partial charge in [0.25, 0.3) is 0 Å². The standard InChI is InChI=1S/C13H18N2O5S/c1-8-11(5-6-20-8)15-21(17,18)12-4-3-9(14)7-10(12)13(16)19-2/h3-4,7-8,11,15H,5-6,14H2,1-2H3. The van der Waals surface area contributed by atoms with E-state index in [0.717, 1.165) is 0 Å². The molecule has 1 fully saturated rings. The van der Waals surface area contributed by atoms with Gasteiger partial charge in [0.15, 0.2) is 0 Å². The van der Waals surface area contributed by atoms with Gasteiger partial charge < -0.3 is 15.2 Å². The molecule has 0 saturated carbocycles. The quantitative estimate of drug-likeness (QED) is 0.619. The summed E-state index contributed by atoms with van der Waals surface area (Å²) in [5, 5.41) is 0. The minimum atomic E-state index is -3.87. The number of sulfonamides is 1. The van der Waals surface area contributed by atoms with Crippen LogP contribution < -0.4 is 10.5 Å². The largest absolute Gasteiger partial charge is 0.465 e. The lowest BCUT2D eigenvalue weighted by Crippen LogP contribution is -2.39. The van der Waals surface area contributed by atoms with Gasteiger partial charge in [-0.15, -0.1) is 0 Å². The summed E-state index contributed by atoms with van der Waals surface area (Å²) in [4.78, 5) is 11.6. The molecule has 8 heteroatoms. The van der Waals surface area contributed by atoms with Crippen LogP contribution in [0, 0.1) is 0 Å². The van der Waals surface area contributed by atoms with E-state index in [1.165, 1.54) is 25.3 Å². The smallest absolute Gasteiger partial charge is 0.339 e. The second-order valence-corrected chi connectivity index (χ2v) is 6.52. The number of nitrogens with two attached hydrogens (primary N) is 1. The molecule has 116 valence electrons. The number of benzene rings is 1. The normalized spacial score (nSPS) is 22.2. The van der Waals surface area contributed by atoms with E-state index in [9.17, 15) is 13.2 Å². The first-order valence-electron chi connectivity index (χ1n) is 6.47. The van der Waals surface area contributed by atoms with Crippen LogP contribution in [0.5, 0.6) is 0 Å². The Labute approximate surface area is 123 Å². The lowest BCUT2D eigenvalue weighted by molar-refractivity contribution is 0.0596. The minimum Gasteiger partial charge on any atom is -0.465 e. The summed E-state index contributed by atoms with van der Waals surface area (Å²) in [5.41, 5.74) is 5.80. The summed E-state index contributed by atoms with van der Waals surface area (Å²) in [6.45, 7) is 2.30. The maximum absolute atomic E-state index is 12.5. The van der Waals surface area contributed by atoms with Gasteiger partial charge in [-0.2, -0.15) is 0 Å². The number of carbonyl (C=O) groups excluding carboxylic acids is 1. The number of carbonyl (C=O) groups is 1. The van der Waals surface area contributed by atoms with Gasteiger partial charge in [-0.25, -0.2) is 17.9 Å². The lowest BCUT2D eigenvalue weighted by Gasteiger charge is -2.17. The first kappa shape index (κ1) is 15.7. The van der Waals surface area contributed by atoms with Gasteiger partial charge in [-0.05, 0) is 31.5 Å². The average molecular weight is 314 g/mol. The molecular formula is C13H18N2O5S. The van der Waals surface area contributed by atoms with Gasteiger partial charge in [-0.1, -0.05) is 0 Å². The average Bonchev–Trinajstić information content (AvgIpc) is 2.82. The molecular weight excluding hydrogens is 296 g/mol. The molecule has 1 aliphatic rings. The summed E-state index contributed by atoms with van der Waals surface area (Å²) in [5.74, 6) is -0.751. The number of nitrogens with one attached hydrogen (secondary N) is 1. The predicted molar refractivity (Wildman–Crippen MR) is 76.3 cm³/mol. The molecule has 3 N–H and O–H groups in total. The van der Waals surface area contributed by atoms with Crippen LogP contribution in [0.4, 0.5) is 5.69 Å². The number of rotatable bonds is 4. The lowest BCUT2D eigenvalue weighted by atomic mass is 10.2. The highest BCUT2D eigenvalue weighted by Crippen LogP contribution is 2.22. The molecule has 7 nitrogen and oxygen atoms in total. The monoisotopic (exact) mass is 314 g/mol. The van der Waals surface area contributed by atoms with E-state index in [4.69, 9.17) is 10.5 Å². The second kappa shape index (κ2) is 6.00. The van der Waals surface area contributed by atoms with Crippen LogP contribution in [0.15, 0.2) is 23.1 Å². The zero-order chi connectivity index (χ0) is 15.6. The van der Waals surface area contributed by atoms with E-state index in [2.05, 4.69) is 9.46 Å². The molecule has 1 saturated heterocycles. The minimum absolute atomic E-state index is 0.0865. The van der Waals surface area contributed by atoms with Crippen LogP contribution in [-0.2, 0) is 19.5 Å². The first-order chi connectivity index (χ1) is 9.85. The molecule has 2 atom stereocenters. The van der Waals surface area contributed by atoms with Gasteiger partial charge in [-0.3, -0.25) is 0 Å². The number of hydrogen-bond donors (Lipinski definition) is 2. The highest BCUT2D eigenvalue weighted by molar-refractivity contribution is 7.89. The molecule has 2 rings (SSSR count). The Hall–Kier alpha value is -1.64. The molecule has 1 heterocycles. The van der Waals surface area contributed by atoms with Crippen molar-refractivity contribution in [2.75, 3.05) is 19.5 Å².